The molecule has 5 rings (SSSR count). The van der Waals surface area contributed by atoms with Crippen molar-refractivity contribution in [3.05, 3.63) is 58.3 Å². The van der Waals surface area contributed by atoms with Gasteiger partial charge in [0.05, 0.1) is 22.8 Å². The number of imidazole rings is 1. The highest BCUT2D eigenvalue weighted by Crippen LogP contribution is 2.34. The molecule has 3 aromatic heterocycles. The molecule has 8 nitrogen and oxygen atoms in total. The third kappa shape index (κ3) is 4.32. The van der Waals surface area contributed by atoms with Crippen molar-refractivity contribution < 1.29 is 9.59 Å². The van der Waals surface area contributed by atoms with Crippen molar-refractivity contribution in [2.45, 2.75) is 39.2 Å². The second-order valence-corrected chi connectivity index (χ2v) is 10.0. The maximum absolute atomic E-state index is 13.6. The molecule has 4 aromatic rings. The van der Waals surface area contributed by atoms with Gasteiger partial charge in [-0.1, -0.05) is 6.42 Å². The molecule has 9 heteroatoms. The minimum Gasteiger partial charge on any atom is -0.333 e. The molecule has 1 N–H and O–H groups in total. The van der Waals surface area contributed by atoms with E-state index >= 15 is 0 Å². The number of rotatable bonds is 6. The zero-order chi connectivity index (χ0) is 24.7. The van der Waals surface area contributed by atoms with Gasteiger partial charge in [0.15, 0.2) is 0 Å². The van der Waals surface area contributed by atoms with Gasteiger partial charge in [-0.3, -0.25) is 14.6 Å². The number of carbonyl (C=O) groups is 2. The van der Waals surface area contributed by atoms with Crippen LogP contribution in [-0.4, -0.2) is 43.3 Å². The molecule has 0 aliphatic heterocycles. The van der Waals surface area contributed by atoms with Crippen LogP contribution in [0.1, 0.15) is 53.3 Å². The van der Waals surface area contributed by atoms with E-state index in [2.05, 4.69) is 15.3 Å². The minimum atomic E-state index is -0.180. The summed E-state index contributed by atoms with van der Waals surface area (Å²) in [5.74, 6) is 0.607. The van der Waals surface area contributed by atoms with Crippen molar-refractivity contribution in [2.75, 3.05) is 12.4 Å². The number of fused-ring (bicyclic) bond motifs is 1. The molecular weight excluding hydrogens is 460 g/mol. The van der Waals surface area contributed by atoms with Gasteiger partial charge in [-0.05, 0) is 51.0 Å². The summed E-state index contributed by atoms with van der Waals surface area (Å²) in [6.07, 6.45) is 6.31. The zero-order valence-electron chi connectivity index (χ0n) is 20.3. The first-order valence-electron chi connectivity index (χ1n) is 11.7. The van der Waals surface area contributed by atoms with E-state index in [0.29, 0.717) is 16.8 Å². The first kappa shape index (κ1) is 23.2. The molecule has 0 bridgehead atoms. The van der Waals surface area contributed by atoms with E-state index in [-0.39, 0.29) is 23.8 Å². The summed E-state index contributed by atoms with van der Waals surface area (Å²) in [6.45, 7) is 3.91. The predicted molar refractivity (Wildman–Crippen MR) is 137 cm³/mol. The quantitative estimate of drug-likeness (QED) is 0.414. The van der Waals surface area contributed by atoms with Crippen LogP contribution in [0, 0.1) is 12.8 Å². The van der Waals surface area contributed by atoms with Crippen molar-refractivity contribution in [3.63, 3.8) is 0 Å². The average molecular weight is 489 g/mol. The van der Waals surface area contributed by atoms with Gasteiger partial charge in [0.1, 0.15) is 10.8 Å². The van der Waals surface area contributed by atoms with Crippen LogP contribution in [0.3, 0.4) is 0 Å². The van der Waals surface area contributed by atoms with Crippen LogP contribution < -0.4 is 5.32 Å². The summed E-state index contributed by atoms with van der Waals surface area (Å²) in [7, 11) is 3.70. The van der Waals surface area contributed by atoms with Crippen LogP contribution in [0.4, 0.5) is 5.69 Å². The first-order valence-corrected chi connectivity index (χ1v) is 12.6. The van der Waals surface area contributed by atoms with Crippen LogP contribution in [0.5, 0.6) is 0 Å². The number of anilines is 1. The van der Waals surface area contributed by atoms with Gasteiger partial charge in [-0.15, -0.1) is 11.3 Å². The van der Waals surface area contributed by atoms with E-state index in [1.54, 1.807) is 47.8 Å². The van der Waals surface area contributed by atoms with Crippen LogP contribution in [0.15, 0.2) is 42.0 Å². The van der Waals surface area contributed by atoms with E-state index in [0.717, 1.165) is 46.9 Å². The Bertz CT molecular complexity index is 1410. The highest BCUT2D eigenvalue weighted by atomic mass is 32.1. The molecule has 1 aliphatic carbocycles. The molecule has 1 saturated carbocycles. The van der Waals surface area contributed by atoms with E-state index in [1.165, 1.54) is 0 Å². The van der Waals surface area contributed by atoms with E-state index in [9.17, 15) is 9.59 Å². The number of pyridine rings is 1. The van der Waals surface area contributed by atoms with Crippen LogP contribution in [-0.2, 0) is 11.8 Å². The molecule has 0 saturated heterocycles. The Morgan fingerprint density at radius 3 is 2.57 bits per heavy atom. The summed E-state index contributed by atoms with van der Waals surface area (Å²) in [5.41, 5.74) is 4.37. The van der Waals surface area contributed by atoms with Gasteiger partial charge in [0, 0.05) is 54.6 Å². The van der Waals surface area contributed by atoms with E-state index in [1.807, 2.05) is 43.0 Å². The van der Waals surface area contributed by atoms with Gasteiger partial charge in [0.2, 0.25) is 5.91 Å². The molecule has 1 atom stereocenters. The summed E-state index contributed by atoms with van der Waals surface area (Å²) in [5, 5.41) is 5.97. The normalized spacial score (nSPS) is 14.5. The number of nitrogens with zero attached hydrogens (tertiary/aromatic N) is 5. The van der Waals surface area contributed by atoms with Crippen LogP contribution >= 0.6 is 11.3 Å². The van der Waals surface area contributed by atoms with Gasteiger partial charge < -0.3 is 14.8 Å². The lowest BCUT2D eigenvalue weighted by Gasteiger charge is -2.25. The Balaban J connectivity index is 1.57. The highest BCUT2D eigenvalue weighted by molar-refractivity contribution is 7.09. The summed E-state index contributed by atoms with van der Waals surface area (Å²) in [6, 6.07) is 7.19. The number of aryl methyl sites for hydroxylation is 2. The molecule has 1 aliphatic rings. The number of hydrogen-bond donors (Lipinski definition) is 1. The summed E-state index contributed by atoms with van der Waals surface area (Å²) in [4.78, 5) is 41.6. The zero-order valence-corrected chi connectivity index (χ0v) is 21.1. The lowest BCUT2D eigenvalue weighted by Crippen LogP contribution is -2.30. The second-order valence-electron chi connectivity index (χ2n) is 9.16. The van der Waals surface area contributed by atoms with Crippen molar-refractivity contribution >= 4 is 39.9 Å². The lowest BCUT2D eigenvalue weighted by molar-refractivity contribution is -0.122. The fourth-order valence-corrected chi connectivity index (χ4v) is 5.24. The molecule has 35 heavy (non-hydrogen) atoms. The Morgan fingerprint density at radius 2 is 1.94 bits per heavy atom. The molecule has 0 radical (unpaired) electrons. The molecular formula is C26H28N6O2S. The van der Waals surface area contributed by atoms with Gasteiger partial charge >= 0.3 is 0 Å². The molecule has 0 spiro atoms. The number of aromatic nitrogens is 4. The molecule has 1 aromatic carbocycles. The van der Waals surface area contributed by atoms with E-state index < -0.39 is 0 Å². The van der Waals surface area contributed by atoms with Crippen LogP contribution in [0.25, 0.3) is 22.4 Å². The predicted octanol–water partition coefficient (Wildman–Crippen LogP) is 4.97. The fourth-order valence-electron chi connectivity index (χ4n) is 4.34. The number of benzene rings is 1. The molecule has 180 valence electrons. The Labute approximate surface area is 208 Å². The van der Waals surface area contributed by atoms with E-state index in [4.69, 9.17) is 4.98 Å². The Kier molecular flexibility index (Phi) is 6.10. The van der Waals surface area contributed by atoms with Crippen molar-refractivity contribution in [1.82, 2.24) is 24.4 Å². The maximum atomic E-state index is 13.6. The highest BCUT2D eigenvalue weighted by Gasteiger charge is 2.28. The summed E-state index contributed by atoms with van der Waals surface area (Å²) < 4.78 is 1.96. The second kappa shape index (κ2) is 9.22. The Hall–Kier alpha value is -3.59. The third-order valence-electron chi connectivity index (χ3n) is 6.78. The number of thiazole rings is 1. The summed E-state index contributed by atoms with van der Waals surface area (Å²) >= 11 is 1.54. The number of amides is 2. The van der Waals surface area contributed by atoms with Crippen molar-refractivity contribution in [1.29, 1.82) is 0 Å². The smallest absolute Gasteiger partial charge is 0.254 e. The number of hydrogen-bond acceptors (Lipinski definition) is 6. The third-order valence-corrected chi connectivity index (χ3v) is 7.92. The fraction of sp³-hybridized carbons (Fsp3) is 0.346. The SMILES string of the molecule is Cc1csc(C(C)N(C)C(=O)c2cc(NC(=O)C3CCC3)c3c(c2)nc(-c2ccncc2)n3C)n1. The average Bonchev–Trinajstić information content (AvgIpc) is 3.40. The minimum absolute atomic E-state index is 0.00575. The first-order chi connectivity index (χ1) is 16.8. The monoisotopic (exact) mass is 488 g/mol. The standard InChI is InChI=1S/C26H28N6O2S/c1-15-14-35-25(28-15)16(2)31(3)26(34)19-12-20-22(21(13-19)30-24(33)18-6-5-7-18)32(4)23(29-20)17-8-10-27-11-9-17/h8-14,16,18H,5-7H2,1-4H3,(H,30,33). The molecule has 2 amide bonds. The van der Waals surface area contributed by atoms with Gasteiger partial charge in [-0.25, -0.2) is 9.97 Å². The molecule has 1 fully saturated rings. The molecule has 1 unspecified atom stereocenters. The van der Waals surface area contributed by atoms with Crippen LogP contribution in [0.2, 0.25) is 0 Å². The Morgan fingerprint density at radius 1 is 1.20 bits per heavy atom. The maximum Gasteiger partial charge on any atom is 0.254 e. The number of carbonyl (C=O) groups excluding carboxylic acids is 2. The number of nitrogens with one attached hydrogen (secondary N) is 1. The van der Waals surface area contributed by atoms with Gasteiger partial charge in [-0.2, -0.15) is 0 Å². The lowest BCUT2D eigenvalue weighted by atomic mass is 9.85. The molecule has 3 heterocycles. The topological polar surface area (TPSA) is 93.0 Å². The van der Waals surface area contributed by atoms with Gasteiger partial charge in [0.25, 0.3) is 5.91 Å². The van der Waals surface area contributed by atoms with Crippen molar-refractivity contribution in [2.24, 2.45) is 13.0 Å². The largest absolute Gasteiger partial charge is 0.333 e. The van der Waals surface area contributed by atoms with Crippen molar-refractivity contribution in [3.8, 4) is 11.4 Å².